The number of hydrogen-bond donors (Lipinski definition) is 2. The Labute approximate surface area is 135 Å². The third kappa shape index (κ3) is 2.99. The molecular weight excluding hydrogens is 346 g/mol. The van der Waals surface area contributed by atoms with E-state index in [1.165, 1.54) is 4.80 Å². The molecule has 0 atom stereocenters. The number of amides is 2. The molecule has 3 aromatic rings. The van der Waals surface area contributed by atoms with E-state index in [-0.39, 0.29) is 0 Å². The number of anilines is 1. The third-order valence-corrected chi connectivity index (χ3v) is 3.43. The number of nitrogens with zero attached hydrogens (tertiary/aromatic N) is 3. The van der Waals surface area contributed by atoms with Gasteiger partial charge in [0.25, 0.3) is 0 Å². The van der Waals surface area contributed by atoms with Gasteiger partial charge < -0.3 is 5.73 Å². The van der Waals surface area contributed by atoms with Gasteiger partial charge in [0.05, 0.1) is 5.69 Å². The lowest BCUT2D eigenvalue weighted by molar-refractivity contribution is 0.259. The van der Waals surface area contributed by atoms with Crippen LogP contribution in [0.25, 0.3) is 16.9 Å². The summed E-state index contributed by atoms with van der Waals surface area (Å²) >= 11 is 3.41. The Hall–Kier alpha value is -2.67. The van der Waals surface area contributed by atoms with E-state index in [1.807, 2.05) is 54.6 Å². The molecule has 7 heteroatoms. The average molecular weight is 358 g/mol. The highest BCUT2D eigenvalue weighted by Gasteiger charge is 2.15. The molecule has 0 saturated carbocycles. The Morgan fingerprint density at radius 1 is 1.09 bits per heavy atom. The number of rotatable bonds is 3. The molecule has 0 aliphatic carbocycles. The summed E-state index contributed by atoms with van der Waals surface area (Å²) in [5.41, 5.74) is 7.37. The van der Waals surface area contributed by atoms with Crippen molar-refractivity contribution in [3.63, 3.8) is 0 Å². The van der Waals surface area contributed by atoms with Crippen molar-refractivity contribution in [1.29, 1.82) is 0 Å². The van der Waals surface area contributed by atoms with Gasteiger partial charge >= 0.3 is 6.03 Å². The first-order chi connectivity index (χ1) is 10.6. The predicted molar refractivity (Wildman–Crippen MR) is 87.7 cm³/mol. The highest BCUT2D eigenvalue weighted by atomic mass is 79.9. The number of primary amides is 1. The van der Waals surface area contributed by atoms with E-state index in [1.54, 1.807) is 0 Å². The van der Waals surface area contributed by atoms with Crippen molar-refractivity contribution in [2.24, 2.45) is 5.73 Å². The van der Waals surface area contributed by atoms with Crippen LogP contribution in [-0.4, -0.2) is 21.0 Å². The molecule has 0 radical (unpaired) electrons. The minimum Gasteiger partial charge on any atom is -0.351 e. The van der Waals surface area contributed by atoms with Crippen molar-refractivity contribution in [2.75, 3.05) is 5.32 Å². The zero-order valence-electron chi connectivity index (χ0n) is 11.4. The molecule has 3 N–H and O–H groups in total. The van der Waals surface area contributed by atoms with Gasteiger partial charge in [-0.3, -0.25) is 5.32 Å². The summed E-state index contributed by atoms with van der Waals surface area (Å²) in [6.45, 7) is 0. The maximum atomic E-state index is 11.2. The summed E-state index contributed by atoms with van der Waals surface area (Å²) in [5, 5.41) is 11.3. The molecule has 0 spiro atoms. The molecule has 0 fully saturated rings. The quantitative estimate of drug-likeness (QED) is 0.754. The second-order valence-electron chi connectivity index (χ2n) is 4.52. The van der Waals surface area contributed by atoms with Crippen LogP contribution in [0.15, 0.2) is 59.1 Å². The van der Waals surface area contributed by atoms with E-state index in [9.17, 15) is 4.79 Å². The number of carbonyl (C=O) groups is 1. The summed E-state index contributed by atoms with van der Waals surface area (Å²) in [4.78, 5) is 12.6. The van der Waals surface area contributed by atoms with E-state index >= 15 is 0 Å². The lowest BCUT2D eigenvalue weighted by Crippen LogP contribution is -2.20. The standard InChI is InChI=1S/C15H12BrN5O/c16-11-7-4-8-12(9-11)21-19-13(10-5-2-1-3-6-10)14(20-21)18-15(17)22/h1-9H,(H3,17,18,20,22). The SMILES string of the molecule is NC(=O)Nc1nn(-c2cccc(Br)c2)nc1-c1ccccc1. The molecule has 2 aromatic carbocycles. The Bertz CT molecular complexity index is 816. The summed E-state index contributed by atoms with van der Waals surface area (Å²) in [6.07, 6.45) is 0. The van der Waals surface area contributed by atoms with Gasteiger partial charge in [-0.1, -0.05) is 52.3 Å². The minimum absolute atomic E-state index is 0.318. The summed E-state index contributed by atoms with van der Waals surface area (Å²) < 4.78 is 0.910. The highest BCUT2D eigenvalue weighted by Crippen LogP contribution is 2.25. The van der Waals surface area contributed by atoms with Gasteiger partial charge in [-0.25, -0.2) is 4.79 Å². The van der Waals surface area contributed by atoms with Crippen LogP contribution in [0.5, 0.6) is 0 Å². The summed E-state index contributed by atoms with van der Waals surface area (Å²) in [7, 11) is 0. The normalized spacial score (nSPS) is 10.4. The molecule has 0 bridgehead atoms. The number of nitrogens with one attached hydrogen (secondary N) is 1. The number of carbonyl (C=O) groups excluding carboxylic acids is 1. The Balaban J connectivity index is 2.10. The van der Waals surface area contributed by atoms with Gasteiger partial charge in [-0.15, -0.1) is 15.0 Å². The second-order valence-corrected chi connectivity index (χ2v) is 5.44. The van der Waals surface area contributed by atoms with Crippen molar-refractivity contribution in [3.05, 3.63) is 59.1 Å². The smallest absolute Gasteiger partial charge is 0.317 e. The summed E-state index contributed by atoms with van der Waals surface area (Å²) in [6, 6.07) is 16.3. The zero-order valence-corrected chi connectivity index (χ0v) is 13.0. The molecule has 3 rings (SSSR count). The molecule has 2 amide bonds. The van der Waals surface area contributed by atoms with E-state index in [4.69, 9.17) is 5.73 Å². The maximum absolute atomic E-state index is 11.2. The van der Waals surface area contributed by atoms with Crippen LogP contribution < -0.4 is 11.1 Å². The number of urea groups is 1. The molecule has 22 heavy (non-hydrogen) atoms. The largest absolute Gasteiger partial charge is 0.351 e. The van der Waals surface area contributed by atoms with E-state index < -0.39 is 6.03 Å². The average Bonchev–Trinajstić information content (AvgIpc) is 2.91. The first kappa shape index (κ1) is 14.3. The van der Waals surface area contributed by atoms with E-state index in [2.05, 4.69) is 31.4 Å². The Kier molecular flexibility index (Phi) is 3.88. The predicted octanol–water partition coefficient (Wildman–Crippen LogP) is 3.19. The fourth-order valence-corrected chi connectivity index (χ4v) is 2.40. The first-order valence-corrected chi connectivity index (χ1v) is 7.28. The van der Waals surface area contributed by atoms with Crippen molar-refractivity contribution in [2.45, 2.75) is 0 Å². The van der Waals surface area contributed by atoms with Crippen LogP contribution in [0.3, 0.4) is 0 Å². The number of aromatic nitrogens is 3. The summed E-state index contributed by atoms with van der Waals surface area (Å²) in [5.74, 6) is 0.318. The molecule has 110 valence electrons. The van der Waals surface area contributed by atoms with Gasteiger partial charge in [-0.05, 0) is 18.2 Å². The first-order valence-electron chi connectivity index (χ1n) is 6.48. The third-order valence-electron chi connectivity index (χ3n) is 2.94. The number of halogens is 1. The van der Waals surface area contributed by atoms with Crippen LogP contribution in [-0.2, 0) is 0 Å². The van der Waals surface area contributed by atoms with Crippen molar-refractivity contribution >= 4 is 27.8 Å². The van der Waals surface area contributed by atoms with Crippen LogP contribution in [0, 0.1) is 0 Å². The Morgan fingerprint density at radius 3 is 2.55 bits per heavy atom. The van der Waals surface area contributed by atoms with Gasteiger partial charge in [0.2, 0.25) is 0 Å². The molecule has 0 unspecified atom stereocenters. The van der Waals surface area contributed by atoms with Gasteiger partial charge in [0.1, 0.15) is 5.69 Å². The van der Waals surface area contributed by atoms with Gasteiger partial charge in [-0.2, -0.15) is 0 Å². The molecular formula is C15H12BrN5O. The van der Waals surface area contributed by atoms with Crippen LogP contribution >= 0.6 is 15.9 Å². The fourth-order valence-electron chi connectivity index (χ4n) is 2.01. The highest BCUT2D eigenvalue weighted by molar-refractivity contribution is 9.10. The number of nitrogens with two attached hydrogens (primary N) is 1. The molecule has 1 heterocycles. The van der Waals surface area contributed by atoms with Gasteiger partial charge in [0, 0.05) is 10.0 Å². The lowest BCUT2D eigenvalue weighted by Gasteiger charge is -1.99. The van der Waals surface area contributed by atoms with E-state index in [0.29, 0.717) is 11.5 Å². The second kappa shape index (κ2) is 5.98. The monoisotopic (exact) mass is 357 g/mol. The lowest BCUT2D eigenvalue weighted by atomic mass is 10.1. The molecule has 0 saturated heterocycles. The van der Waals surface area contributed by atoms with Gasteiger partial charge in [0.15, 0.2) is 5.82 Å². The maximum Gasteiger partial charge on any atom is 0.317 e. The van der Waals surface area contributed by atoms with Crippen molar-refractivity contribution in [3.8, 4) is 16.9 Å². The van der Waals surface area contributed by atoms with E-state index in [0.717, 1.165) is 15.7 Å². The molecule has 6 nitrogen and oxygen atoms in total. The molecule has 1 aromatic heterocycles. The van der Waals surface area contributed by atoms with Crippen LogP contribution in [0.2, 0.25) is 0 Å². The zero-order chi connectivity index (χ0) is 15.5. The fraction of sp³-hybridized carbons (Fsp3) is 0. The topological polar surface area (TPSA) is 85.8 Å². The minimum atomic E-state index is -0.682. The number of benzene rings is 2. The number of hydrogen-bond acceptors (Lipinski definition) is 3. The van der Waals surface area contributed by atoms with Crippen molar-refractivity contribution in [1.82, 2.24) is 15.0 Å². The van der Waals surface area contributed by atoms with Crippen LogP contribution in [0.1, 0.15) is 0 Å². The van der Waals surface area contributed by atoms with Crippen molar-refractivity contribution < 1.29 is 4.79 Å². The molecule has 0 aliphatic rings. The Morgan fingerprint density at radius 2 is 1.86 bits per heavy atom. The van der Waals surface area contributed by atoms with Crippen LogP contribution in [0.4, 0.5) is 10.6 Å². The molecule has 0 aliphatic heterocycles.